The minimum Gasteiger partial charge on any atom is -0.395 e. The maximum atomic E-state index is 12.4. The Morgan fingerprint density at radius 2 is 2.29 bits per heavy atom. The van der Waals surface area contributed by atoms with E-state index in [0.29, 0.717) is 12.1 Å². The molecule has 0 radical (unpaired) electrons. The fourth-order valence-electron chi connectivity index (χ4n) is 1.86. The highest BCUT2D eigenvalue weighted by atomic mass is 32.2. The zero-order valence-electron chi connectivity index (χ0n) is 12.8. The number of carbonyl (C=O) groups is 1. The molecule has 1 unspecified atom stereocenters. The van der Waals surface area contributed by atoms with Gasteiger partial charge in [-0.25, -0.2) is 4.98 Å². The third-order valence-electron chi connectivity index (χ3n) is 3.15. The summed E-state index contributed by atoms with van der Waals surface area (Å²) in [5, 5.41) is 8.67. The number of pyridine rings is 1. The molecule has 1 rings (SSSR count). The number of aliphatic hydroxyl groups excluding tert-OH is 1. The lowest BCUT2D eigenvalue weighted by atomic mass is 10.2. The van der Waals surface area contributed by atoms with Crippen LogP contribution in [0, 0.1) is 11.8 Å². The number of aromatic nitrogens is 1. The van der Waals surface area contributed by atoms with Crippen molar-refractivity contribution in [3.05, 3.63) is 29.6 Å². The number of hydrogen-bond acceptors (Lipinski definition) is 4. The summed E-state index contributed by atoms with van der Waals surface area (Å²) in [5.41, 5.74) is 1.18. The van der Waals surface area contributed by atoms with Crippen LogP contribution in [0.15, 0.2) is 18.3 Å². The van der Waals surface area contributed by atoms with Gasteiger partial charge in [-0.2, -0.15) is 11.8 Å². The number of amides is 1. The van der Waals surface area contributed by atoms with Crippen LogP contribution in [0.25, 0.3) is 0 Å². The summed E-state index contributed by atoms with van der Waals surface area (Å²) in [6, 6.07) is 3.71. The lowest BCUT2D eigenvalue weighted by molar-refractivity contribution is 0.0737. The van der Waals surface area contributed by atoms with E-state index in [1.165, 1.54) is 0 Å². The molecule has 0 aliphatic heterocycles. The van der Waals surface area contributed by atoms with E-state index in [9.17, 15) is 4.79 Å². The number of thioether (sulfide) groups is 1. The molecule has 1 amide bonds. The standard InChI is InChI=1S/C16H22N2O2S/c1-4-14(12-21-3)18(2)16(20)15-9-8-13(11-17-15)7-5-6-10-19/h8-9,11,14,19H,4,6,10,12H2,1-3H3. The van der Waals surface area contributed by atoms with Crippen molar-refractivity contribution in [2.24, 2.45) is 0 Å². The molecule has 0 aromatic carbocycles. The first-order valence-corrected chi connectivity index (χ1v) is 8.35. The van der Waals surface area contributed by atoms with Gasteiger partial charge in [0, 0.05) is 37.0 Å². The van der Waals surface area contributed by atoms with Gasteiger partial charge >= 0.3 is 0 Å². The average Bonchev–Trinajstić information content (AvgIpc) is 2.52. The molecule has 0 saturated heterocycles. The molecular formula is C16H22N2O2S. The highest BCUT2D eigenvalue weighted by Gasteiger charge is 2.20. The van der Waals surface area contributed by atoms with Crippen LogP contribution in [0.2, 0.25) is 0 Å². The summed E-state index contributed by atoms with van der Waals surface area (Å²) in [4.78, 5) is 18.3. The Morgan fingerprint density at radius 1 is 1.52 bits per heavy atom. The molecule has 0 fully saturated rings. The molecule has 114 valence electrons. The molecule has 0 spiro atoms. The Kier molecular flexibility index (Phi) is 7.88. The Bertz CT molecular complexity index is 505. The molecule has 21 heavy (non-hydrogen) atoms. The Labute approximate surface area is 131 Å². The predicted octanol–water partition coefficient (Wildman–Crippen LogP) is 2.03. The fourth-order valence-corrected chi connectivity index (χ4v) is 2.70. The van der Waals surface area contributed by atoms with Crippen LogP contribution in [0.3, 0.4) is 0 Å². The van der Waals surface area contributed by atoms with Crippen molar-refractivity contribution in [2.45, 2.75) is 25.8 Å². The molecule has 1 atom stereocenters. The van der Waals surface area contributed by atoms with Crippen LogP contribution < -0.4 is 0 Å². The maximum Gasteiger partial charge on any atom is 0.272 e. The molecule has 4 nitrogen and oxygen atoms in total. The average molecular weight is 306 g/mol. The molecule has 1 heterocycles. The minimum atomic E-state index is -0.0641. The molecule has 0 bridgehead atoms. The van der Waals surface area contributed by atoms with Gasteiger partial charge in [0.2, 0.25) is 0 Å². The van der Waals surface area contributed by atoms with Gasteiger partial charge in [-0.05, 0) is 24.8 Å². The first-order valence-electron chi connectivity index (χ1n) is 6.95. The molecular weight excluding hydrogens is 284 g/mol. The lowest BCUT2D eigenvalue weighted by Gasteiger charge is -2.26. The second-order valence-electron chi connectivity index (χ2n) is 4.64. The number of hydrogen-bond donors (Lipinski definition) is 1. The maximum absolute atomic E-state index is 12.4. The molecule has 1 N–H and O–H groups in total. The normalized spacial score (nSPS) is 11.4. The number of rotatable bonds is 6. The molecule has 0 aliphatic rings. The van der Waals surface area contributed by atoms with E-state index in [-0.39, 0.29) is 18.6 Å². The Balaban J connectivity index is 2.77. The van der Waals surface area contributed by atoms with Gasteiger partial charge in [-0.3, -0.25) is 4.79 Å². The lowest BCUT2D eigenvalue weighted by Crippen LogP contribution is -2.38. The van der Waals surface area contributed by atoms with E-state index in [1.54, 1.807) is 35.0 Å². The van der Waals surface area contributed by atoms with Crippen molar-refractivity contribution in [3.63, 3.8) is 0 Å². The van der Waals surface area contributed by atoms with Crippen LogP contribution in [-0.2, 0) is 0 Å². The van der Waals surface area contributed by atoms with Crippen LogP contribution >= 0.6 is 11.8 Å². The topological polar surface area (TPSA) is 53.4 Å². The number of aliphatic hydroxyl groups is 1. The van der Waals surface area contributed by atoms with Gasteiger partial charge in [-0.1, -0.05) is 18.8 Å². The molecule has 1 aromatic heterocycles. The second kappa shape index (κ2) is 9.43. The van der Waals surface area contributed by atoms with E-state index >= 15 is 0 Å². The van der Waals surface area contributed by atoms with Gasteiger partial charge in [0.1, 0.15) is 5.69 Å². The number of carbonyl (C=O) groups excluding carboxylic acids is 1. The van der Waals surface area contributed by atoms with Crippen molar-refractivity contribution in [2.75, 3.05) is 25.7 Å². The van der Waals surface area contributed by atoms with E-state index in [0.717, 1.165) is 17.7 Å². The van der Waals surface area contributed by atoms with Gasteiger partial charge in [-0.15, -0.1) is 0 Å². The largest absolute Gasteiger partial charge is 0.395 e. The zero-order chi connectivity index (χ0) is 15.7. The quantitative estimate of drug-likeness (QED) is 0.817. The van der Waals surface area contributed by atoms with E-state index in [4.69, 9.17) is 5.11 Å². The van der Waals surface area contributed by atoms with Crippen molar-refractivity contribution in [1.29, 1.82) is 0 Å². The van der Waals surface area contributed by atoms with Gasteiger partial charge in [0.25, 0.3) is 5.91 Å². The molecule has 0 saturated carbocycles. The van der Waals surface area contributed by atoms with Gasteiger partial charge < -0.3 is 10.0 Å². The third-order valence-corrected chi connectivity index (χ3v) is 3.87. The van der Waals surface area contributed by atoms with Crippen molar-refractivity contribution >= 4 is 17.7 Å². The zero-order valence-corrected chi connectivity index (χ0v) is 13.6. The van der Waals surface area contributed by atoms with Crippen molar-refractivity contribution in [3.8, 4) is 11.8 Å². The van der Waals surface area contributed by atoms with E-state index in [1.807, 2.05) is 13.3 Å². The van der Waals surface area contributed by atoms with Crippen molar-refractivity contribution < 1.29 is 9.90 Å². The summed E-state index contributed by atoms with van der Waals surface area (Å²) in [6.45, 7) is 2.13. The summed E-state index contributed by atoms with van der Waals surface area (Å²) < 4.78 is 0. The van der Waals surface area contributed by atoms with Crippen LogP contribution in [0.1, 0.15) is 35.8 Å². The van der Waals surface area contributed by atoms with Gasteiger partial charge in [0.15, 0.2) is 0 Å². The van der Waals surface area contributed by atoms with Crippen LogP contribution in [0.4, 0.5) is 0 Å². The molecule has 5 heteroatoms. The third kappa shape index (κ3) is 5.41. The highest BCUT2D eigenvalue weighted by molar-refractivity contribution is 7.98. The monoisotopic (exact) mass is 306 g/mol. The van der Waals surface area contributed by atoms with Crippen LogP contribution in [-0.4, -0.2) is 52.6 Å². The molecule has 0 aliphatic carbocycles. The van der Waals surface area contributed by atoms with E-state index < -0.39 is 0 Å². The first kappa shape index (κ1) is 17.5. The fraction of sp³-hybridized carbons (Fsp3) is 0.500. The summed E-state index contributed by atoms with van der Waals surface area (Å²) in [7, 11) is 1.82. The number of nitrogens with zero attached hydrogens (tertiary/aromatic N) is 2. The Hall–Kier alpha value is -1.51. The summed E-state index contributed by atoms with van der Waals surface area (Å²) in [5.74, 6) is 6.58. The molecule has 1 aromatic rings. The SMILES string of the molecule is CCC(CSC)N(C)C(=O)c1ccc(C#CCCO)cn1. The minimum absolute atomic E-state index is 0.0512. The van der Waals surface area contributed by atoms with Gasteiger partial charge in [0.05, 0.1) is 6.61 Å². The van der Waals surface area contributed by atoms with Crippen LogP contribution in [0.5, 0.6) is 0 Å². The predicted molar refractivity (Wildman–Crippen MR) is 87.4 cm³/mol. The van der Waals surface area contributed by atoms with E-state index in [2.05, 4.69) is 23.7 Å². The summed E-state index contributed by atoms with van der Waals surface area (Å²) >= 11 is 1.74. The highest BCUT2D eigenvalue weighted by Crippen LogP contribution is 2.11. The Morgan fingerprint density at radius 3 is 2.81 bits per heavy atom. The second-order valence-corrected chi connectivity index (χ2v) is 5.55. The first-order chi connectivity index (χ1) is 10.1. The smallest absolute Gasteiger partial charge is 0.272 e. The summed E-state index contributed by atoms with van der Waals surface area (Å²) in [6.07, 6.45) is 5.00. The van der Waals surface area contributed by atoms with Crippen molar-refractivity contribution in [1.82, 2.24) is 9.88 Å².